The maximum atomic E-state index is 12.7. The molecule has 0 aromatic heterocycles. The van der Waals surface area contributed by atoms with E-state index in [4.69, 9.17) is 32.7 Å². The number of allylic oxidation sites excluding steroid dienone is 1. The summed E-state index contributed by atoms with van der Waals surface area (Å²) in [5.41, 5.74) is 2.49. The monoisotopic (exact) mass is 462 g/mol. The number of ether oxygens (including phenoxy) is 2. The highest BCUT2D eigenvalue weighted by Gasteiger charge is 2.33. The number of benzene rings is 2. The van der Waals surface area contributed by atoms with Gasteiger partial charge in [0, 0.05) is 21.3 Å². The summed E-state index contributed by atoms with van der Waals surface area (Å²) in [6, 6.07) is 11.5. The number of halogens is 2. The Morgan fingerprint density at radius 3 is 2.65 bits per heavy atom. The summed E-state index contributed by atoms with van der Waals surface area (Å²) in [5.74, 6) is 0.124. The first-order valence-corrected chi connectivity index (χ1v) is 10.8. The summed E-state index contributed by atoms with van der Waals surface area (Å²) in [6.45, 7) is 4.22. The molecule has 0 fully saturated rings. The molecule has 31 heavy (non-hydrogen) atoms. The Kier molecular flexibility index (Phi) is 7.82. The summed E-state index contributed by atoms with van der Waals surface area (Å²) in [5, 5.41) is 6.65. The zero-order valence-electron chi connectivity index (χ0n) is 17.3. The van der Waals surface area contributed by atoms with E-state index in [1.807, 2.05) is 19.1 Å². The molecule has 1 atom stereocenters. The molecule has 0 bridgehead atoms. The molecule has 1 aliphatic heterocycles. The Balaban J connectivity index is 1.88. The summed E-state index contributed by atoms with van der Waals surface area (Å²) in [7, 11) is 0. The van der Waals surface area contributed by atoms with Crippen molar-refractivity contribution < 1.29 is 19.1 Å². The largest absolute Gasteiger partial charge is 0.489 e. The Hall–Kier alpha value is -2.70. The van der Waals surface area contributed by atoms with E-state index < -0.39 is 12.0 Å². The van der Waals surface area contributed by atoms with Crippen LogP contribution in [0.15, 0.2) is 53.7 Å². The molecule has 1 unspecified atom stereocenters. The smallest absolute Gasteiger partial charge is 0.338 e. The first-order valence-electron chi connectivity index (χ1n) is 10.1. The number of carbonyl (C=O) groups excluding carboxylic acids is 2. The average Bonchev–Trinajstić information content (AvgIpc) is 2.73. The van der Waals surface area contributed by atoms with Crippen LogP contribution in [0.1, 0.15) is 43.9 Å². The second-order valence-corrected chi connectivity index (χ2v) is 7.83. The van der Waals surface area contributed by atoms with E-state index in [1.165, 1.54) is 0 Å². The fraction of sp³-hybridized carbons (Fsp3) is 0.304. The van der Waals surface area contributed by atoms with Crippen LogP contribution in [0.2, 0.25) is 10.0 Å². The van der Waals surface area contributed by atoms with Gasteiger partial charge < -0.3 is 20.1 Å². The van der Waals surface area contributed by atoms with Crippen molar-refractivity contribution in [3.05, 3.63) is 74.9 Å². The van der Waals surface area contributed by atoms with Gasteiger partial charge in [-0.25, -0.2) is 9.59 Å². The lowest BCUT2D eigenvalue weighted by atomic mass is 9.93. The van der Waals surface area contributed by atoms with Crippen molar-refractivity contribution >= 4 is 35.2 Å². The number of urea groups is 1. The number of hydrogen-bond donors (Lipinski definition) is 2. The third-order valence-electron chi connectivity index (χ3n) is 4.75. The molecule has 2 aromatic carbocycles. The lowest BCUT2D eigenvalue weighted by Gasteiger charge is -2.29. The second kappa shape index (κ2) is 10.6. The maximum absolute atomic E-state index is 12.7. The van der Waals surface area contributed by atoms with Crippen LogP contribution >= 0.6 is 23.2 Å². The highest BCUT2D eigenvalue weighted by Crippen LogP contribution is 2.31. The number of amides is 2. The van der Waals surface area contributed by atoms with E-state index in [-0.39, 0.29) is 19.2 Å². The van der Waals surface area contributed by atoms with E-state index in [0.717, 1.165) is 12.0 Å². The quantitative estimate of drug-likeness (QED) is 0.504. The van der Waals surface area contributed by atoms with E-state index in [0.29, 0.717) is 39.0 Å². The Morgan fingerprint density at radius 1 is 1.13 bits per heavy atom. The van der Waals surface area contributed by atoms with Gasteiger partial charge in [0.1, 0.15) is 12.4 Å². The lowest BCUT2D eigenvalue weighted by molar-refractivity contribution is -0.139. The first kappa shape index (κ1) is 23.0. The molecule has 2 aromatic rings. The molecule has 6 nitrogen and oxygen atoms in total. The summed E-state index contributed by atoms with van der Waals surface area (Å²) in [4.78, 5) is 25.0. The van der Waals surface area contributed by atoms with Crippen molar-refractivity contribution in [1.82, 2.24) is 10.6 Å². The molecular weight excluding hydrogens is 439 g/mol. The van der Waals surface area contributed by atoms with Crippen molar-refractivity contribution in [2.45, 2.75) is 39.3 Å². The van der Waals surface area contributed by atoms with Crippen molar-refractivity contribution in [2.75, 3.05) is 6.61 Å². The van der Waals surface area contributed by atoms with Crippen LogP contribution in [0.25, 0.3) is 0 Å². The molecule has 164 valence electrons. The van der Waals surface area contributed by atoms with Crippen LogP contribution in [0.3, 0.4) is 0 Å². The number of esters is 1. The normalized spacial score (nSPS) is 15.9. The molecule has 1 aliphatic rings. The number of hydrogen-bond acceptors (Lipinski definition) is 4. The summed E-state index contributed by atoms with van der Waals surface area (Å²) >= 11 is 12.2. The van der Waals surface area contributed by atoms with Gasteiger partial charge >= 0.3 is 12.0 Å². The van der Waals surface area contributed by atoms with Gasteiger partial charge in [0.25, 0.3) is 0 Å². The molecule has 2 amide bonds. The summed E-state index contributed by atoms with van der Waals surface area (Å²) in [6.07, 6.45) is 1.33. The van der Waals surface area contributed by atoms with Crippen LogP contribution in [0.5, 0.6) is 5.75 Å². The predicted octanol–water partition coefficient (Wildman–Crippen LogP) is 5.54. The second-order valence-electron chi connectivity index (χ2n) is 6.99. The van der Waals surface area contributed by atoms with Gasteiger partial charge in [-0.15, -0.1) is 0 Å². The molecule has 0 radical (unpaired) electrons. The average molecular weight is 463 g/mol. The van der Waals surface area contributed by atoms with E-state index in [2.05, 4.69) is 10.6 Å². The molecule has 0 spiro atoms. The SMILES string of the molecule is CCCC1=C(C(=O)OCC)C(c2cccc(OCc3ccc(Cl)cc3Cl)c2)NC(=O)N1. The Labute approximate surface area is 191 Å². The lowest BCUT2D eigenvalue weighted by Crippen LogP contribution is -2.46. The van der Waals surface area contributed by atoms with Crippen LogP contribution in [-0.2, 0) is 16.1 Å². The van der Waals surface area contributed by atoms with Gasteiger partial charge in [-0.1, -0.05) is 54.7 Å². The molecule has 1 heterocycles. The molecular formula is C23H24Cl2N2O4. The Morgan fingerprint density at radius 2 is 1.94 bits per heavy atom. The zero-order chi connectivity index (χ0) is 22.4. The molecule has 8 heteroatoms. The highest BCUT2D eigenvalue weighted by molar-refractivity contribution is 6.35. The number of rotatable bonds is 8. The molecule has 3 rings (SSSR count). The third kappa shape index (κ3) is 5.71. The van der Waals surface area contributed by atoms with Gasteiger partial charge in [0.05, 0.1) is 18.2 Å². The van der Waals surface area contributed by atoms with Gasteiger partial charge in [0.15, 0.2) is 0 Å². The van der Waals surface area contributed by atoms with Crippen LogP contribution in [0, 0.1) is 0 Å². The van der Waals surface area contributed by atoms with Crippen LogP contribution in [-0.4, -0.2) is 18.6 Å². The van der Waals surface area contributed by atoms with Crippen LogP contribution in [0.4, 0.5) is 4.79 Å². The van der Waals surface area contributed by atoms with Gasteiger partial charge in [-0.05, 0) is 43.2 Å². The minimum absolute atomic E-state index is 0.243. The van der Waals surface area contributed by atoms with Crippen molar-refractivity contribution in [3.8, 4) is 5.75 Å². The van der Waals surface area contributed by atoms with Crippen molar-refractivity contribution in [2.24, 2.45) is 0 Å². The molecule has 0 saturated heterocycles. The predicted molar refractivity (Wildman–Crippen MR) is 120 cm³/mol. The van der Waals surface area contributed by atoms with Gasteiger partial charge in [0.2, 0.25) is 0 Å². The zero-order valence-corrected chi connectivity index (χ0v) is 18.8. The molecule has 2 N–H and O–H groups in total. The standard InChI is InChI=1S/C23H24Cl2N2O4/c1-3-6-19-20(22(28)30-4-2)21(27-23(29)26-19)14-7-5-8-17(11-14)31-13-15-9-10-16(24)12-18(15)25/h5,7-12,21H,3-4,6,13H2,1-2H3,(H2,26,27,29). The molecule has 0 saturated carbocycles. The van der Waals surface area contributed by atoms with E-state index >= 15 is 0 Å². The van der Waals surface area contributed by atoms with Gasteiger partial charge in [-0.2, -0.15) is 0 Å². The molecule has 0 aliphatic carbocycles. The fourth-order valence-corrected chi connectivity index (χ4v) is 3.81. The van der Waals surface area contributed by atoms with Crippen molar-refractivity contribution in [3.63, 3.8) is 0 Å². The number of nitrogens with one attached hydrogen (secondary N) is 2. The van der Waals surface area contributed by atoms with E-state index in [9.17, 15) is 9.59 Å². The minimum Gasteiger partial charge on any atom is -0.489 e. The van der Waals surface area contributed by atoms with Gasteiger partial charge in [-0.3, -0.25) is 0 Å². The van der Waals surface area contributed by atoms with E-state index in [1.54, 1.807) is 37.3 Å². The summed E-state index contributed by atoms with van der Waals surface area (Å²) < 4.78 is 11.2. The van der Waals surface area contributed by atoms with Crippen molar-refractivity contribution in [1.29, 1.82) is 0 Å². The number of carbonyl (C=O) groups is 2. The van der Waals surface area contributed by atoms with Crippen LogP contribution < -0.4 is 15.4 Å². The Bertz CT molecular complexity index is 1010. The highest BCUT2D eigenvalue weighted by atomic mass is 35.5. The fourth-order valence-electron chi connectivity index (χ4n) is 3.35. The topological polar surface area (TPSA) is 76.7 Å². The first-order chi connectivity index (χ1) is 14.9. The maximum Gasteiger partial charge on any atom is 0.338 e. The third-order valence-corrected chi connectivity index (χ3v) is 5.34. The minimum atomic E-state index is -0.642.